The van der Waals surface area contributed by atoms with Crippen molar-refractivity contribution in [3.05, 3.63) is 0 Å². The Kier molecular flexibility index (Phi) is 10.9. The Hall–Kier alpha value is -0.940. The standard InChI is InChI=1S/C12H23NO4/c1-3-7-16-10-6-13-12(15)5-9-17-8-4-11(2)14/h3-10H2,1-2H3,(H,13,15). The second kappa shape index (κ2) is 11.5. The van der Waals surface area contributed by atoms with Gasteiger partial charge in [0.15, 0.2) is 0 Å². The van der Waals surface area contributed by atoms with Crippen molar-refractivity contribution in [2.75, 3.05) is 33.0 Å². The zero-order valence-corrected chi connectivity index (χ0v) is 10.8. The van der Waals surface area contributed by atoms with Crippen LogP contribution in [0.1, 0.15) is 33.1 Å². The van der Waals surface area contributed by atoms with Crippen LogP contribution in [0.2, 0.25) is 0 Å². The molecule has 0 aliphatic rings. The Morgan fingerprint density at radius 2 is 1.65 bits per heavy atom. The van der Waals surface area contributed by atoms with Gasteiger partial charge in [-0.15, -0.1) is 0 Å². The van der Waals surface area contributed by atoms with Gasteiger partial charge in [0.2, 0.25) is 5.91 Å². The van der Waals surface area contributed by atoms with Gasteiger partial charge in [0, 0.05) is 26.0 Å². The molecule has 0 atom stereocenters. The van der Waals surface area contributed by atoms with Crippen molar-refractivity contribution in [1.82, 2.24) is 5.32 Å². The van der Waals surface area contributed by atoms with Crippen molar-refractivity contribution in [1.29, 1.82) is 0 Å². The van der Waals surface area contributed by atoms with Crippen LogP contribution in [-0.4, -0.2) is 44.7 Å². The lowest BCUT2D eigenvalue weighted by Gasteiger charge is -2.06. The molecule has 0 radical (unpaired) electrons. The molecule has 0 saturated heterocycles. The Labute approximate surface area is 103 Å². The molecule has 0 bridgehead atoms. The number of amides is 1. The van der Waals surface area contributed by atoms with Crippen LogP contribution in [0, 0.1) is 0 Å². The van der Waals surface area contributed by atoms with E-state index in [0.717, 1.165) is 13.0 Å². The highest BCUT2D eigenvalue weighted by atomic mass is 16.5. The maximum absolute atomic E-state index is 11.3. The molecule has 0 spiro atoms. The number of Topliss-reactive ketones (excluding diaryl/α,β-unsaturated/α-hetero) is 1. The number of ether oxygens (including phenoxy) is 2. The van der Waals surface area contributed by atoms with Crippen LogP contribution in [0.5, 0.6) is 0 Å². The first-order chi connectivity index (χ1) is 8.16. The van der Waals surface area contributed by atoms with E-state index in [4.69, 9.17) is 9.47 Å². The zero-order valence-electron chi connectivity index (χ0n) is 10.8. The van der Waals surface area contributed by atoms with Crippen LogP contribution < -0.4 is 5.32 Å². The number of hydrogen-bond donors (Lipinski definition) is 1. The second-order valence-corrected chi connectivity index (χ2v) is 3.78. The maximum Gasteiger partial charge on any atom is 0.222 e. The first-order valence-corrected chi connectivity index (χ1v) is 6.08. The van der Waals surface area contributed by atoms with E-state index in [1.165, 1.54) is 6.92 Å². The normalized spacial score (nSPS) is 10.2. The van der Waals surface area contributed by atoms with Crippen molar-refractivity contribution >= 4 is 11.7 Å². The van der Waals surface area contributed by atoms with E-state index in [0.29, 0.717) is 39.2 Å². The lowest BCUT2D eigenvalue weighted by Crippen LogP contribution is -2.28. The van der Waals surface area contributed by atoms with Gasteiger partial charge in [-0.2, -0.15) is 0 Å². The Morgan fingerprint density at radius 1 is 1.00 bits per heavy atom. The zero-order chi connectivity index (χ0) is 12.9. The fourth-order valence-electron chi connectivity index (χ4n) is 1.08. The van der Waals surface area contributed by atoms with Gasteiger partial charge in [0.05, 0.1) is 19.8 Å². The summed E-state index contributed by atoms with van der Waals surface area (Å²) in [5.41, 5.74) is 0. The van der Waals surface area contributed by atoms with Crippen LogP contribution in [0.4, 0.5) is 0 Å². The number of hydrogen-bond acceptors (Lipinski definition) is 4. The molecular formula is C12H23NO4. The summed E-state index contributed by atoms with van der Waals surface area (Å²) in [5, 5.41) is 2.73. The summed E-state index contributed by atoms with van der Waals surface area (Å²) in [4.78, 5) is 21.9. The van der Waals surface area contributed by atoms with Gasteiger partial charge in [-0.05, 0) is 13.3 Å². The smallest absolute Gasteiger partial charge is 0.222 e. The van der Waals surface area contributed by atoms with Gasteiger partial charge in [0.1, 0.15) is 5.78 Å². The highest BCUT2D eigenvalue weighted by Crippen LogP contribution is 1.88. The number of carbonyl (C=O) groups is 2. The van der Waals surface area contributed by atoms with Crippen LogP contribution in [0.15, 0.2) is 0 Å². The second-order valence-electron chi connectivity index (χ2n) is 3.78. The fourth-order valence-corrected chi connectivity index (χ4v) is 1.08. The molecule has 0 rings (SSSR count). The molecule has 0 aromatic rings. The van der Waals surface area contributed by atoms with Crippen LogP contribution >= 0.6 is 0 Å². The predicted molar refractivity (Wildman–Crippen MR) is 64.9 cm³/mol. The maximum atomic E-state index is 11.3. The van der Waals surface area contributed by atoms with Crippen molar-refractivity contribution in [2.45, 2.75) is 33.1 Å². The summed E-state index contributed by atoms with van der Waals surface area (Å²) in [7, 11) is 0. The van der Waals surface area contributed by atoms with E-state index >= 15 is 0 Å². The third kappa shape index (κ3) is 13.0. The average Bonchev–Trinajstić information content (AvgIpc) is 2.28. The van der Waals surface area contributed by atoms with Gasteiger partial charge in [0.25, 0.3) is 0 Å². The number of nitrogens with one attached hydrogen (secondary N) is 1. The molecule has 0 aromatic heterocycles. The minimum atomic E-state index is -0.0482. The van der Waals surface area contributed by atoms with E-state index in [9.17, 15) is 9.59 Å². The molecule has 0 fully saturated rings. The molecule has 5 heteroatoms. The monoisotopic (exact) mass is 245 g/mol. The quantitative estimate of drug-likeness (QED) is 0.550. The molecule has 0 unspecified atom stereocenters. The van der Waals surface area contributed by atoms with E-state index in [1.807, 2.05) is 6.92 Å². The highest BCUT2D eigenvalue weighted by molar-refractivity contribution is 5.76. The van der Waals surface area contributed by atoms with E-state index < -0.39 is 0 Å². The van der Waals surface area contributed by atoms with Crippen molar-refractivity contribution in [3.63, 3.8) is 0 Å². The van der Waals surface area contributed by atoms with Gasteiger partial charge in [-0.1, -0.05) is 6.92 Å². The molecule has 100 valence electrons. The molecule has 0 aliphatic heterocycles. The summed E-state index contributed by atoms with van der Waals surface area (Å²) >= 11 is 0. The van der Waals surface area contributed by atoms with Crippen LogP contribution in [-0.2, 0) is 19.1 Å². The molecule has 0 aromatic carbocycles. The summed E-state index contributed by atoms with van der Waals surface area (Å²) < 4.78 is 10.4. The number of carbonyl (C=O) groups excluding carboxylic acids is 2. The number of ketones is 1. The first-order valence-electron chi connectivity index (χ1n) is 6.08. The molecule has 0 saturated carbocycles. The Balaban J connectivity index is 3.20. The van der Waals surface area contributed by atoms with Gasteiger partial charge in [-0.3, -0.25) is 9.59 Å². The van der Waals surface area contributed by atoms with E-state index in [1.54, 1.807) is 0 Å². The van der Waals surface area contributed by atoms with Crippen LogP contribution in [0.3, 0.4) is 0 Å². The molecule has 17 heavy (non-hydrogen) atoms. The van der Waals surface area contributed by atoms with Gasteiger partial charge < -0.3 is 14.8 Å². The summed E-state index contributed by atoms with van der Waals surface area (Å²) in [6, 6.07) is 0. The summed E-state index contributed by atoms with van der Waals surface area (Å²) in [6.45, 7) is 6.11. The lowest BCUT2D eigenvalue weighted by molar-refractivity contribution is -0.122. The fraction of sp³-hybridized carbons (Fsp3) is 0.833. The Morgan fingerprint density at radius 3 is 2.29 bits per heavy atom. The van der Waals surface area contributed by atoms with Crippen molar-refractivity contribution < 1.29 is 19.1 Å². The molecule has 0 heterocycles. The van der Waals surface area contributed by atoms with Crippen molar-refractivity contribution in [2.24, 2.45) is 0 Å². The molecule has 1 amide bonds. The summed E-state index contributed by atoms with van der Waals surface area (Å²) in [5.74, 6) is 0.0513. The van der Waals surface area contributed by atoms with Gasteiger partial charge in [-0.25, -0.2) is 0 Å². The SMILES string of the molecule is CCCOCCNC(=O)CCOCCC(C)=O. The molecule has 0 aliphatic carbocycles. The van der Waals surface area contributed by atoms with Crippen LogP contribution in [0.25, 0.3) is 0 Å². The third-order valence-corrected chi connectivity index (χ3v) is 1.99. The largest absolute Gasteiger partial charge is 0.380 e. The molecular weight excluding hydrogens is 222 g/mol. The minimum Gasteiger partial charge on any atom is -0.380 e. The topological polar surface area (TPSA) is 64.6 Å². The summed E-state index contributed by atoms with van der Waals surface area (Å²) in [6.07, 6.45) is 1.72. The minimum absolute atomic E-state index is 0.0482. The average molecular weight is 245 g/mol. The molecule has 5 nitrogen and oxygen atoms in total. The third-order valence-electron chi connectivity index (χ3n) is 1.99. The lowest BCUT2D eigenvalue weighted by atomic mass is 10.3. The Bertz CT molecular complexity index is 219. The predicted octanol–water partition coefficient (Wildman–Crippen LogP) is 0.915. The van der Waals surface area contributed by atoms with E-state index in [2.05, 4.69) is 5.32 Å². The highest BCUT2D eigenvalue weighted by Gasteiger charge is 2.00. The van der Waals surface area contributed by atoms with Gasteiger partial charge >= 0.3 is 0 Å². The van der Waals surface area contributed by atoms with Crippen molar-refractivity contribution in [3.8, 4) is 0 Å². The van der Waals surface area contributed by atoms with E-state index in [-0.39, 0.29) is 11.7 Å². The first kappa shape index (κ1) is 16.1. The molecule has 1 N–H and O–H groups in total. The number of rotatable bonds is 11.